The maximum atomic E-state index is 5.70. The summed E-state index contributed by atoms with van der Waals surface area (Å²) in [7, 11) is 2.17. The highest BCUT2D eigenvalue weighted by atomic mass is 15.3. The lowest BCUT2D eigenvalue weighted by atomic mass is 10.1. The van der Waals surface area contributed by atoms with E-state index >= 15 is 0 Å². The Morgan fingerprint density at radius 3 is 2.35 bits per heavy atom. The number of aromatic nitrogens is 2. The Bertz CT molecular complexity index is 374. The summed E-state index contributed by atoms with van der Waals surface area (Å²) in [5, 5.41) is 0. The van der Waals surface area contributed by atoms with Gasteiger partial charge in [0.05, 0.1) is 0 Å². The summed E-state index contributed by atoms with van der Waals surface area (Å²) in [5.74, 6) is 1.31. The molecule has 5 heteroatoms. The largest absolute Gasteiger partial charge is 0.368 e. The van der Waals surface area contributed by atoms with Crippen LogP contribution in [0.25, 0.3) is 0 Å². The van der Waals surface area contributed by atoms with Crippen LogP contribution in [0.2, 0.25) is 0 Å². The third-order valence-corrected chi connectivity index (χ3v) is 3.54. The Hall–Kier alpha value is -1.36. The van der Waals surface area contributed by atoms with Gasteiger partial charge in [0.25, 0.3) is 0 Å². The van der Waals surface area contributed by atoms with Crippen molar-refractivity contribution in [3.8, 4) is 0 Å². The summed E-state index contributed by atoms with van der Waals surface area (Å²) < 4.78 is 0. The van der Waals surface area contributed by atoms with Crippen LogP contribution in [0.15, 0.2) is 6.07 Å². The predicted octanol–water partition coefficient (Wildman–Crippen LogP) is 0.896. The Labute approximate surface area is 103 Å². The molecule has 0 radical (unpaired) electrons. The molecule has 0 saturated carbocycles. The van der Waals surface area contributed by atoms with Crippen LogP contribution in [-0.4, -0.2) is 47.1 Å². The standard InChI is InChI=1S/C12H21N5/c1-8-5-11(15-12(13)14-8)17-6-9(2)16(4)10(3)7-17/h5,9-10H,6-7H2,1-4H3,(H2,13,14,15). The minimum Gasteiger partial charge on any atom is -0.368 e. The zero-order valence-electron chi connectivity index (χ0n) is 11.0. The molecule has 17 heavy (non-hydrogen) atoms. The normalized spacial score (nSPS) is 26.2. The Morgan fingerprint density at radius 1 is 1.24 bits per heavy atom. The van der Waals surface area contributed by atoms with Gasteiger partial charge in [-0.2, -0.15) is 4.98 Å². The third-order valence-electron chi connectivity index (χ3n) is 3.54. The van der Waals surface area contributed by atoms with Crippen molar-refractivity contribution < 1.29 is 0 Å². The summed E-state index contributed by atoms with van der Waals surface area (Å²) >= 11 is 0. The predicted molar refractivity (Wildman–Crippen MR) is 70.1 cm³/mol. The van der Waals surface area contributed by atoms with Crippen molar-refractivity contribution in [2.45, 2.75) is 32.9 Å². The molecule has 1 aromatic rings. The minimum atomic E-state index is 0.360. The molecule has 2 unspecified atom stereocenters. The maximum absolute atomic E-state index is 5.70. The number of aryl methyl sites for hydroxylation is 1. The fourth-order valence-electron chi connectivity index (χ4n) is 2.33. The smallest absolute Gasteiger partial charge is 0.222 e. The first-order valence-corrected chi connectivity index (χ1v) is 6.05. The second kappa shape index (κ2) is 4.49. The first-order chi connectivity index (χ1) is 7.97. The molecule has 0 bridgehead atoms. The fraction of sp³-hybridized carbons (Fsp3) is 0.667. The Morgan fingerprint density at radius 2 is 1.82 bits per heavy atom. The van der Waals surface area contributed by atoms with Crippen LogP contribution in [0, 0.1) is 6.92 Å². The molecule has 1 fully saturated rings. The van der Waals surface area contributed by atoms with E-state index in [-0.39, 0.29) is 0 Å². The molecule has 1 aliphatic heterocycles. The number of nitrogen functional groups attached to an aromatic ring is 1. The van der Waals surface area contributed by atoms with Crippen LogP contribution in [0.1, 0.15) is 19.5 Å². The SMILES string of the molecule is Cc1cc(N2CC(C)N(C)C(C)C2)nc(N)n1. The van der Waals surface area contributed by atoms with Crippen molar-refractivity contribution in [2.75, 3.05) is 30.8 Å². The van der Waals surface area contributed by atoms with Crippen molar-refractivity contribution >= 4 is 11.8 Å². The van der Waals surface area contributed by atoms with Crippen LogP contribution in [0.5, 0.6) is 0 Å². The second-order valence-electron chi connectivity index (χ2n) is 4.99. The van der Waals surface area contributed by atoms with E-state index in [1.54, 1.807) is 0 Å². The van der Waals surface area contributed by atoms with Crippen LogP contribution in [-0.2, 0) is 0 Å². The van der Waals surface area contributed by atoms with Gasteiger partial charge in [0, 0.05) is 36.9 Å². The molecule has 2 atom stereocenters. The molecule has 5 nitrogen and oxygen atoms in total. The molecule has 94 valence electrons. The van der Waals surface area contributed by atoms with Crippen LogP contribution in [0.4, 0.5) is 11.8 Å². The summed E-state index contributed by atoms with van der Waals surface area (Å²) in [4.78, 5) is 13.1. The highest BCUT2D eigenvalue weighted by Crippen LogP contribution is 2.20. The first kappa shape index (κ1) is 12.1. The highest BCUT2D eigenvalue weighted by Gasteiger charge is 2.27. The second-order valence-corrected chi connectivity index (χ2v) is 4.99. The average Bonchev–Trinajstić information content (AvgIpc) is 2.23. The molecule has 1 aromatic heterocycles. The minimum absolute atomic E-state index is 0.360. The number of nitrogens with zero attached hydrogens (tertiary/aromatic N) is 4. The Kier molecular flexibility index (Phi) is 3.19. The van der Waals surface area contributed by atoms with Gasteiger partial charge in [-0.25, -0.2) is 4.98 Å². The van der Waals surface area contributed by atoms with Gasteiger partial charge < -0.3 is 10.6 Å². The van der Waals surface area contributed by atoms with Crippen molar-refractivity contribution in [2.24, 2.45) is 0 Å². The molecule has 2 N–H and O–H groups in total. The van der Waals surface area contributed by atoms with Gasteiger partial charge in [0.1, 0.15) is 5.82 Å². The number of rotatable bonds is 1. The van der Waals surface area contributed by atoms with Gasteiger partial charge in [-0.05, 0) is 27.8 Å². The van der Waals surface area contributed by atoms with E-state index in [0.717, 1.165) is 24.6 Å². The van der Waals surface area contributed by atoms with Crippen LogP contribution < -0.4 is 10.6 Å². The molecule has 1 aliphatic rings. The maximum Gasteiger partial charge on any atom is 0.222 e. The van der Waals surface area contributed by atoms with Crippen molar-refractivity contribution in [1.29, 1.82) is 0 Å². The number of anilines is 2. The molecular weight excluding hydrogens is 214 g/mol. The van der Waals surface area contributed by atoms with E-state index in [9.17, 15) is 0 Å². The molecule has 2 heterocycles. The summed E-state index contributed by atoms with van der Waals surface area (Å²) in [6.07, 6.45) is 0. The van der Waals surface area contributed by atoms with Gasteiger partial charge >= 0.3 is 0 Å². The zero-order chi connectivity index (χ0) is 12.6. The zero-order valence-corrected chi connectivity index (χ0v) is 11.0. The Balaban J connectivity index is 2.22. The topological polar surface area (TPSA) is 58.3 Å². The number of hydrogen-bond donors (Lipinski definition) is 1. The van der Waals surface area contributed by atoms with E-state index in [1.165, 1.54) is 0 Å². The fourth-order valence-corrected chi connectivity index (χ4v) is 2.33. The number of likely N-dealkylation sites (N-methyl/N-ethyl adjacent to an activating group) is 1. The van der Waals surface area contributed by atoms with Crippen molar-refractivity contribution in [3.63, 3.8) is 0 Å². The highest BCUT2D eigenvalue weighted by molar-refractivity contribution is 5.44. The third kappa shape index (κ3) is 2.49. The van der Waals surface area contributed by atoms with Crippen molar-refractivity contribution in [1.82, 2.24) is 14.9 Å². The molecule has 0 aliphatic carbocycles. The molecule has 0 amide bonds. The number of nitrogens with two attached hydrogens (primary N) is 1. The number of hydrogen-bond acceptors (Lipinski definition) is 5. The molecule has 1 saturated heterocycles. The van der Waals surface area contributed by atoms with Gasteiger partial charge in [0.2, 0.25) is 5.95 Å². The molecular formula is C12H21N5. The monoisotopic (exact) mass is 235 g/mol. The number of piperazine rings is 1. The van der Waals surface area contributed by atoms with Crippen molar-refractivity contribution in [3.05, 3.63) is 11.8 Å². The van der Waals surface area contributed by atoms with Gasteiger partial charge in [-0.1, -0.05) is 0 Å². The van der Waals surface area contributed by atoms with Gasteiger partial charge in [-0.15, -0.1) is 0 Å². The quantitative estimate of drug-likeness (QED) is 0.783. The van der Waals surface area contributed by atoms with Gasteiger partial charge in [0.15, 0.2) is 0 Å². The lowest BCUT2D eigenvalue weighted by molar-refractivity contribution is 0.169. The summed E-state index contributed by atoms with van der Waals surface area (Å²) in [5.41, 5.74) is 6.63. The molecule has 0 spiro atoms. The van der Waals surface area contributed by atoms with E-state index in [2.05, 4.69) is 40.7 Å². The summed E-state index contributed by atoms with van der Waals surface area (Å²) in [6, 6.07) is 3.05. The van der Waals surface area contributed by atoms with Gasteiger partial charge in [-0.3, -0.25) is 4.90 Å². The molecule has 0 aromatic carbocycles. The van der Waals surface area contributed by atoms with E-state index in [0.29, 0.717) is 18.0 Å². The lowest BCUT2D eigenvalue weighted by Crippen LogP contribution is -2.55. The van der Waals surface area contributed by atoms with E-state index in [1.807, 2.05) is 13.0 Å². The average molecular weight is 235 g/mol. The summed E-state index contributed by atoms with van der Waals surface area (Å²) in [6.45, 7) is 8.39. The lowest BCUT2D eigenvalue weighted by Gasteiger charge is -2.43. The van der Waals surface area contributed by atoms with Crippen LogP contribution in [0.3, 0.4) is 0 Å². The van der Waals surface area contributed by atoms with Crippen LogP contribution >= 0.6 is 0 Å². The molecule has 2 rings (SSSR count). The first-order valence-electron chi connectivity index (χ1n) is 6.05. The van der Waals surface area contributed by atoms with E-state index < -0.39 is 0 Å². The van der Waals surface area contributed by atoms with E-state index in [4.69, 9.17) is 5.73 Å².